The molecule has 24 heavy (non-hydrogen) atoms. The molecule has 2 unspecified atom stereocenters. The Morgan fingerprint density at radius 2 is 2.08 bits per heavy atom. The van der Waals surface area contributed by atoms with Crippen LogP contribution in [-0.2, 0) is 4.79 Å². The van der Waals surface area contributed by atoms with E-state index >= 15 is 0 Å². The standard InChI is InChI=1S/C20H25NO3/c22-19(15-20(23)13-7-2-8-14-20)21-17-11-5-6-12-18(17)24-16-9-3-1-4-10-16/h3,5-7,9,11-13,16,23H,1-2,4,8,10,14-15H2,(H,21,22). The van der Waals surface area contributed by atoms with Crippen molar-refractivity contribution >= 4 is 11.6 Å². The predicted octanol–water partition coefficient (Wildman–Crippen LogP) is 3.97. The molecule has 0 aliphatic heterocycles. The number of anilines is 1. The molecule has 1 amide bonds. The maximum absolute atomic E-state index is 12.4. The number of hydrogen-bond acceptors (Lipinski definition) is 3. The summed E-state index contributed by atoms with van der Waals surface area (Å²) in [6.07, 6.45) is 13.8. The fourth-order valence-electron chi connectivity index (χ4n) is 3.25. The molecular weight excluding hydrogens is 302 g/mol. The number of carbonyl (C=O) groups is 1. The lowest BCUT2D eigenvalue weighted by atomic mass is 9.88. The number of para-hydroxylation sites is 2. The van der Waals surface area contributed by atoms with Crippen LogP contribution in [0.4, 0.5) is 5.69 Å². The summed E-state index contributed by atoms with van der Waals surface area (Å²) >= 11 is 0. The van der Waals surface area contributed by atoms with E-state index in [1.807, 2.05) is 30.3 Å². The number of amides is 1. The summed E-state index contributed by atoms with van der Waals surface area (Å²) in [7, 11) is 0. The van der Waals surface area contributed by atoms with Gasteiger partial charge in [-0.05, 0) is 56.7 Å². The zero-order valence-electron chi connectivity index (χ0n) is 13.9. The highest BCUT2D eigenvalue weighted by Gasteiger charge is 2.28. The van der Waals surface area contributed by atoms with Crippen LogP contribution in [-0.4, -0.2) is 22.7 Å². The van der Waals surface area contributed by atoms with Crippen molar-refractivity contribution in [2.45, 2.75) is 56.7 Å². The number of aliphatic hydroxyl groups is 1. The lowest BCUT2D eigenvalue weighted by molar-refractivity contribution is -0.119. The van der Waals surface area contributed by atoms with Gasteiger partial charge in [0.25, 0.3) is 0 Å². The first-order valence-electron chi connectivity index (χ1n) is 8.77. The van der Waals surface area contributed by atoms with Gasteiger partial charge in [0.1, 0.15) is 11.9 Å². The Kier molecular flexibility index (Phi) is 5.36. The molecule has 3 rings (SSSR count). The van der Waals surface area contributed by atoms with Crippen LogP contribution in [0.15, 0.2) is 48.6 Å². The Labute approximate surface area is 143 Å². The van der Waals surface area contributed by atoms with E-state index in [9.17, 15) is 9.90 Å². The summed E-state index contributed by atoms with van der Waals surface area (Å²) in [6.45, 7) is 0. The van der Waals surface area contributed by atoms with Crippen LogP contribution in [0, 0.1) is 0 Å². The molecule has 1 aromatic carbocycles. The minimum absolute atomic E-state index is 0.0577. The average molecular weight is 327 g/mol. The Morgan fingerprint density at radius 1 is 1.25 bits per heavy atom. The Hall–Kier alpha value is -2.07. The number of nitrogens with one attached hydrogen (secondary N) is 1. The molecule has 0 saturated carbocycles. The van der Waals surface area contributed by atoms with Crippen LogP contribution in [0.1, 0.15) is 44.9 Å². The van der Waals surface area contributed by atoms with Crippen LogP contribution in [0.25, 0.3) is 0 Å². The Balaban J connectivity index is 1.65. The third kappa shape index (κ3) is 4.48. The van der Waals surface area contributed by atoms with Gasteiger partial charge in [0.05, 0.1) is 17.7 Å². The monoisotopic (exact) mass is 327 g/mol. The first-order valence-corrected chi connectivity index (χ1v) is 8.77. The largest absolute Gasteiger partial charge is 0.484 e. The van der Waals surface area contributed by atoms with Gasteiger partial charge in [-0.1, -0.05) is 30.4 Å². The van der Waals surface area contributed by atoms with Crippen molar-refractivity contribution < 1.29 is 14.6 Å². The summed E-state index contributed by atoms with van der Waals surface area (Å²) in [4.78, 5) is 12.4. The van der Waals surface area contributed by atoms with Gasteiger partial charge >= 0.3 is 0 Å². The van der Waals surface area contributed by atoms with Gasteiger partial charge in [0.15, 0.2) is 0 Å². The molecule has 4 nitrogen and oxygen atoms in total. The maximum Gasteiger partial charge on any atom is 0.227 e. The minimum Gasteiger partial charge on any atom is -0.484 e. The molecule has 128 valence electrons. The number of rotatable bonds is 5. The molecular formula is C20H25NO3. The van der Waals surface area contributed by atoms with Crippen LogP contribution in [0.3, 0.4) is 0 Å². The van der Waals surface area contributed by atoms with Gasteiger partial charge in [-0.3, -0.25) is 4.79 Å². The fraction of sp³-hybridized carbons (Fsp3) is 0.450. The molecule has 0 radical (unpaired) electrons. The van der Waals surface area contributed by atoms with E-state index in [0.29, 0.717) is 17.9 Å². The average Bonchev–Trinajstić information content (AvgIpc) is 2.58. The van der Waals surface area contributed by atoms with Crippen molar-refractivity contribution in [1.29, 1.82) is 0 Å². The summed E-state index contributed by atoms with van der Waals surface area (Å²) in [5.74, 6) is 0.480. The molecule has 0 spiro atoms. The van der Waals surface area contributed by atoms with E-state index in [1.54, 1.807) is 6.08 Å². The second-order valence-electron chi connectivity index (χ2n) is 6.63. The van der Waals surface area contributed by atoms with Crippen LogP contribution < -0.4 is 10.1 Å². The molecule has 0 saturated heterocycles. The molecule has 0 aromatic heterocycles. The lowest BCUT2D eigenvalue weighted by Crippen LogP contribution is -2.33. The summed E-state index contributed by atoms with van der Waals surface area (Å²) < 4.78 is 6.02. The van der Waals surface area contributed by atoms with E-state index in [4.69, 9.17) is 4.74 Å². The number of hydrogen-bond donors (Lipinski definition) is 2. The van der Waals surface area contributed by atoms with E-state index in [1.165, 1.54) is 0 Å². The van der Waals surface area contributed by atoms with Gasteiger partial charge < -0.3 is 15.2 Å². The van der Waals surface area contributed by atoms with E-state index in [2.05, 4.69) is 17.5 Å². The maximum atomic E-state index is 12.4. The number of carbonyl (C=O) groups excluding carboxylic acids is 1. The van der Waals surface area contributed by atoms with Gasteiger partial charge in [0, 0.05) is 0 Å². The summed E-state index contributed by atoms with van der Waals surface area (Å²) in [5, 5.41) is 13.4. The molecule has 1 aromatic rings. The summed E-state index contributed by atoms with van der Waals surface area (Å²) in [5.41, 5.74) is -0.366. The first kappa shape index (κ1) is 16.8. The molecule has 0 heterocycles. The zero-order chi connectivity index (χ0) is 16.8. The van der Waals surface area contributed by atoms with Gasteiger partial charge in [-0.2, -0.15) is 0 Å². The number of allylic oxidation sites excluding steroid dienone is 2. The third-order valence-electron chi connectivity index (χ3n) is 4.52. The molecule has 0 bridgehead atoms. The third-order valence-corrected chi connectivity index (χ3v) is 4.52. The Bertz CT molecular complexity index is 638. The SMILES string of the molecule is O=C(CC1(O)C=CCCC1)Nc1ccccc1OC1C=CCCC1. The van der Waals surface area contributed by atoms with E-state index < -0.39 is 5.60 Å². The molecule has 2 aliphatic rings. The fourth-order valence-corrected chi connectivity index (χ4v) is 3.25. The van der Waals surface area contributed by atoms with Crippen molar-refractivity contribution in [3.05, 3.63) is 48.6 Å². The second kappa shape index (κ2) is 7.67. The highest BCUT2D eigenvalue weighted by Crippen LogP contribution is 2.29. The van der Waals surface area contributed by atoms with Crippen molar-refractivity contribution in [1.82, 2.24) is 0 Å². The first-order chi connectivity index (χ1) is 11.6. The highest BCUT2D eigenvalue weighted by molar-refractivity contribution is 5.93. The van der Waals surface area contributed by atoms with Crippen molar-refractivity contribution in [2.24, 2.45) is 0 Å². The molecule has 2 N–H and O–H groups in total. The van der Waals surface area contributed by atoms with Crippen LogP contribution >= 0.6 is 0 Å². The smallest absolute Gasteiger partial charge is 0.227 e. The van der Waals surface area contributed by atoms with Gasteiger partial charge in [-0.25, -0.2) is 0 Å². The lowest BCUT2D eigenvalue weighted by Gasteiger charge is -2.27. The second-order valence-corrected chi connectivity index (χ2v) is 6.63. The van der Waals surface area contributed by atoms with Crippen molar-refractivity contribution in [2.75, 3.05) is 5.32 Å². The molecule has 2 aliphatic carbocycles. The van der Waals surface area contributed by atoms with Crippen molar-refractivity contribution in [3.63, 3.8) is 0 Å². The molecule has 0 fully saturated rings. The Morgan fingerprint density at radius 3 is 2.83 bits per heavy atom. The predicted molar refractivity (Wildman–Crippen MR) is 95.0 cm³/mol. The normalized spacial score (nSPS) is 26.1. The highest BCUT2D eigenvalue weighted by atomic mass is 16.5. The van der Waals surface area contributed by atoms with Crippen LogP contribution in [0.2, 0.25) is 0 Å². The quantitative estimate of drug-likeness (QED) is 0.804. The zero-order valence-corrected chi connectivity index (χ0v) is 13.9. The van der Waals surface area contributed by atoms with E-state index in [0.717, 1.165) is 32.1 Å². The molecule has 4 heteroatoms. The van der Waals surface area contributed by atoms with Crippen LogP contribution in [0.5, 0.6) is 5.75 Å². The molecule has 2 atom stereocenters. The summed E-state index contributed by atoms with van der Waals surface area (Å²) in [6, 6.07) is 7.47. The van der Waals surface area contributed by atoms with E-state index in [-0.39, 0.29) is 18.4 Å². The number of ether oxygens (including phenoxy) is 1. The topological polar surface area (TPSA) is 58.6 Å². The minimum atomic E-state index is -1.02. The number of benzene rings is 1. The van der Waals surface area contributed by atoms with Gasteiger partial charge in [0.2, 0.25) is 5.91 Å². The van der Waals surface area contributed by atoms with Gasteiger partial charge in [-0.15, -0.1) is 0 Å². The van der Waals surface area contributed by atoms with Crippen molar-refractivity contribution in [3.8, 4) is 5.75 Å².